The van der Waals surface area contributed by atoms with E-state index in [-0.39, 0.29) is 4.58 Å². The molecule has 0 saturated carbocycles. The molecule has 0 nitrogen and oxygen atoms in total. The maximum absolute atomic E-state index is 4.11. The Labute approximate surface area is 62.9 Å². The number of thiol groups is 2. The van der Waals surface area contributed by atoms with Gasteiger partial charge >= 0.3 is 0 Å². The zero-order valence-electron chi connectivity index (χ0n) is 5.17. The normalized spacial score (nSPS) is 11.2. The summed E-state index contributed by atoms with van der Waals surface area (Å²) in [5, 5.41) is 0. The van der Waals surface area contributed by atoms with Crippen molar-refractivity contribution in [1.82, 2.24) is 0 Å². The van der Waals surface area contributed by atoms with Crippen LogP contribution in [0.2, 0.25) is 0 Å². The minimum atomic E-state index is 0.235. The molecule has 0 aliphatic rings. The van der Waals surface area contributed by atoms with Gasteiger partial charge in [-0.3, -0.25) is 0 Å². The van der Waals surface area contributed by atoms with Crippen LogP contribution in [0.4, 0.5) is 0 Å². The van der Waals surface area contributed by atoms with Crippen LogP contribution in [0.15, 0.2) is 0 Å². The summed E-state index contributed by atoms with van der Waals surface area (Å²) < 4.78 is 0.235. The van der Waals surface area contributed by atoms with Crippen molar-refractivity contribution >= 4 is 25.3 Å². The molecule has 49 valence electrons. The van der Waals surface area contributed by atoms with Gasteiger partial charge in [-0.25, -0.2) is 0 Å². The average molecular weight is 149 g/mol. The van der Waals surface area contributed by atoms with Gasteiger partial charge in [0.05, 0.1) is 0 Å². The summed E-state index contributed by atoms with van der Waals surface area (Å²) in [6.45, 7) is 5.94. The van der Waals surface area contributed by atoms with E-state index in [1.807, 2.05) is 0 Å². The molecular weight excluding hydrogens is 136 g/mol. The molecule has 0 aliphatic heterocycles. The second kappa shape index (κ2) is 4.57. The third-order valence-corrected chi connectivity index (χ3v) is 1.43. The van der Waals surface area contributed by atoms with Crippen molar-refractivity contribution < 1.29 is 0 Å². The van der Waals surface area contributed by atoms with E-state index in [9.17, 15) is 0 Å². The standard InChI is InChI=1S/C6H13S2/c1-5(2)3-4-6(7)8/h5-8H,1,3-4H2,2H3. The zero-order valence-corrected chi connectivity index (χ0v) is 6.96. The van der Waals surface area contributed by atoms with Crippen LogP contribution >= 0.6 is 25.3 Å². The van der Waals surface area contributed by atoms with E-state index in [0.717, 1.165) is 12.8 Å². The Morgan fingerprint density at radius 1 is 1.38 bits per heavy atom. The zero-order chi connectivity index (χ0) is 6.57. The van der Waals surface area contributed by atoms with E-state index in [1.165, 1.54) is 0 Å². The molecule has 0 heterocycles. The molecule has 0 fully saturated rings. The molecule has 0 N–H and O–H groups in total. The van der Waals surface area contributed by atoms with Crippen molar-refractivity contribution in [3.63, 3.8) is 0 Å². The molecule has 0 aromatic heterocycles. The minimum Gasteiger partial charge on any atom is -0.165 e. The monoisotopic (exact) mass is 149 g/mol. The van der Waals surface area contributed by atoms with E-state index in [1.54, 1.807) is 0 Å². The Bertz CT molecular complexity index is 42.5. The molecule has 0 amide bonds. The Hall–Kier alpha value is 0.700. The molecule has 0 bridgehead atoms. The average Bonchev–Trinajstić information content (AvgIpc) is 1.61. The second-order valence-electron chi connectivity index (χ2n) is 2.16. The van der Waals surface area contributed by atoms with Crippen LogP contribution in [0.25, 0.3) is 0 Å². The van der Waals surface area contributed by atoms with E-state index in [4.69, 9.17) is 0 Å². The van der Waals surface area contributed by atoms with Gasteiger partial charge in [-0.2, -0.15) is 25.3 Å². The summed E-state index contributed by atoms with van der Waals surface area (Å²) in [4.78, 5) is 0. The molecule has 0 aromatic rings. The molecule has 0 saturated heterocycles. The molecular formula is C6H13S2. The first kappa shape index (κ1) is 8.70. The predicted octanol–water partition coefficient (Wildman–Crippen LogP) is 2.42. The maximum atomic E-state index is 4.11. The number of hydrogen-bond acceptors (Lipinski definition) is 2. The van der Waals surface area contributed by atoms with Gasteiger partial charge in [0.25, 0.3) is 0 Å². The van der Waals surface area contributed by atoms with Gasteiger partial charge in [0.1, 0.15) is 0 Å². The summed E-state index contributed by atoms with van der Waals surface area (Å²) in [6.07, 6.45) is 2.18. The highest BCUT2D eigenvalue weighted by molar-refractivity contribution is 7.99. The molecule has 1 radical (unpaired) electrons. The fourth-order valence-electron chi connectivity index (χ4n) is 0.434. The van der Waals surface area contributed by atoms with Gasteiger partial charge in [-0.15, -0.1) is 0 Å². The van der Waals surface area contributed by atoms with Gasteiger partial charge in [0, 0.05) is 4.58 Å². The van der Waals surface area contributed by atoms with E-state index < -0.39 is 0 Å². The Kier molecular flexibility index (Phi) is 4.97. The van der Waals surface area contributed by atoms with Crippen molar-refractivity contribution in [3.05, 3.63) is 6.92 Å². The second-order valence-corrected chi connectivity index (χ2v) is 3.82. The van der Waals surface area contributed by atoms with Gasteiger partial charge < -0.3 is 0 Å². The summed E-state index contributed by atoms with van der Waals surface area (Å²) in [7, 11) is 0. The van der Waals surface area contributed by atoms with E-state index in [2.05, 4.69) is 39.1 Å². The SMILES string of the molecule is [CH2]C(C)CCC(S)S. The molecule has 0 spiro atoms. The highest BCUT2D eigenvalue weighted by Gasteiger charge is 1.97. The van der Waals surface area contributed by atoms with Crippen LogP contribution in [0, 0.1) is 12.8 Å². The molecule has 0 aliphatic carbocycles. The minimum absolute atomic E-state index is 0.235. The van der Waals surface area contributed by atoms with Crippen LogP contribution in [0.3, 0.4) is 0 Å². The van der Waals surface area contributed by atoms with Crippen molar-refractivity contribution in [1.29, 1.82) is 0 Å². The molecule has 2 heteroatoms. The van der Waals surface area contributed by atoms with E-state index >= 15 is 0 Å². The quantitative estimate of drug-likeness (QED) is 0.447. The van der Waals surface area contributed by atoms with Gasteiger partial charge in [-0.1, -0.05) is 13.8 Å². The number of rotatable bonds is 3. The molecule has 1 atom stereocenters. The lowest BCUT2D eigenvalue weighted by Gasteiger charge is -2.04. The molecule has 0 rings (SSSR count). The lowest BCUT2D eigenvalue weighted by atomic mass is 10.1. The lowest BCUT2D eigenvalue weighted by molar-refractivity contribution is 0.628. The fourth-order valence-corrected chi connectivity index (χ4v) is 0.732. The topological polar surface area (TPSA) is 0 Å². The molecule has 1 unspecified atom stereocenters. The van der Waals surface area contributed by atoms with Crippen LogP contribution < -0.4 is 0 Å². The summed E-state index contributed by atoms with van der Waals surface area (Å²) >= 11 is 8.22. The van der Waals surface area contributed by atoms with Crippen molar-refractivity contribution in [2.24, 2.45) is 5.92 Å². The molecule has 8 heavy (non-hydrogen) atoms. The first-order chi connectivity index (χ1) is 3.63. The van der Waals surface area contributed by atoms with Gasteiger partial charge in [0.2, 0.25) is 0 Å². The summed E-state index contributed by atoms with van der Waals surface area (Å²) in [5.41, 5.74) is 0. The largest absolute Gasteiger partial charge is 0.165 e. The van der Waals surface area contributed by atoms with Crippen LogP contribution in [0.1, 0.15) is 19.8 Å². The fraction of sp³-hybridized carbons (Fsp3) is 0.833. The Morgan fingerprint density at radius 3 is 2.00 bits per heavy atom. The van der Waals surface area contributed by atoms with Crippen molar-refractivity contribution in [2.75, 3.05) is 0 Å². The van der Waals surface area contributed by atoms with E-state index in [0.29, 0.717) is 5.92 Å². The molecule has 0 aromatic carbocycles. The first-order valence-electron chi connectivity index (χ1n) is 2.82. The Morgan fingerprint density at radius 2 is 1.88 bits per heavy atom. The first-order valence-corrected chi connectivity index (χ1v) is 3.85. The Balaban J connectivity index is 2.93. The van der Waals surface area contributed by atoms with Crippen LogP contribution in [-0.2, 0) is 0 Å². The van der Waals surface area contributed by atoms with Crippen molar-refractivity contribution in [3.8, 4) is 0 Å². The number of hydrogen-bond donors (Lipinski definition) is 2. The summed E-state index contributed by atoms with van der Waals surface area (Å²) in [5.74, 6) is 0.539. The third-order valence-electron chi connectivity index (χ3n) is 0.918. The third kappa shape index (κ3) is 6.70. The van der Waals surface area contributed by atoms with Crippen LogP contribution in [-0.4, -0.2) is 4.58 Å². The lowest BCUT2D eigenvalue weighted by Crippen LogP contribution is -1.92. The highest BCUT2D eigenvalue weighted by atomic mass is 32.2. The summed E-state index contributed by atoms with van der Waals surface area (Å²) in [6, 6.07) is 0. The maximum Gasteiger partial charge on any atom is 0.0442 e. The highest BCUT2D eigenvalue weighted by Crippen LogP contribution is 2.12. The van der Waals surface area contributed by atoms with Gasteiger partial charge in [-0.05, 0) is 18.8 Å². The van der Waals surface area contributed by atoms with Crippen LogP contribution in [0.5, 0.6) is 0 Å². The smallest absolute Gasteiger partial charge is 0.0442 e. The predicted molar refractivity (Wildman–Crippen MR) is 45.5 cm³/mol. The van der Waals surface area contributed by atoms with Gasteiger partial charge in [0.15, 0.2) is 0 Å². The van der Waals surface area contributed by atoms with Crippen molar-refractivity contribution in [2.45, 2.75) is 24.3 Å².